The van der Waals surface area contributed by atoms with Crippen molar-refractivity contribution in [2.24, 2.45) is 0 Å². The number of unbranched alkanes of at least 4 members (excludes halogenated alkanes) is 1. The van der Waals surface area contributed by atoms with Crippen LogP contribution in [0.3, 0.4) is 0 Å². The molecule has 1 unspecified atom stereocenters. The Labute approximate surface area is 211 Å². The molecule has 6 heteroatoms. The number of aryl methyl sites for hydroxylation is 2. The van der Waals surface area contributed by atoms with Gasteiger partial charge in [-0.2, -0.15) is 0 Å². The fraction of sp³-hybridized carbons (Fsp3) is 0.310. The van der Waals surface area contributed by atoms with Crippen molar-refractivity contribution in [2.75, 3.05) is 18.1 Å². The van der Waals surface area contributed by atoms with Crippen molar-refractivity contribution in [1.29, 1.82) is 0 Å². The van der Waals surface area contributed by atoms with Crippen molar-refractivity contribution in [3.05, 3.63) is 89.2 Å². The van der Waals surface area contributed by atoms with Crippen LogP contribution in [0.15, 0.2) is 72.8 Å². The standard InChI is InChI=1S/C29H30ClN3O2/c1-2-21-13-15-23(16-14-21)33-20-22(19-28(33)34)29-31-25-10-4-5-11-26(25)32(29)17-7-8-18-35-27-12-6-3-9-24(27)30/h3-6,9-16,22H,2,7-8,17-20H2,1H3. The number of benzene rings is 3. The quantitative estimate of drug-likeness (QED) is 0.249. The summed E-state index contributed by atoms with van der Waals surface area (Å²) in [4.78, 5) is 19.8. The molecule has 1 amide bonds. The Morgan fingerprint density at radius 1 is 1.00 bits per heavy atom. The van der Waals surface area contributed by atoms with Gasteiger partial charge in [0.15, 0.2) is 0 Å². The minimum absolute atomic E-state index is 0.0696. The largest absolute Gasteiger partial charge is 0.492 e. The zero-order valence-corrected chi connectivity index (χ0v) is 20.7. The molecular formula is C29H30ClN3O2. The van der Waals surface area contributed by atoms with E-state index in [-0.39, 0.29) is 11.8 Å². The summed E-state index contributed by atoms with van der Waals surface area (Å²) in [7, 11) is 0. The molecule has 0 spiro atoms. The monoisotopic (exact) mass is 487 g/mol. The number of carbonyl (C=O) groups is 1. The molecule has 1 aliphatic rings. The number of anilines is 1. The highest BCUT2D eigenvalue weighted by Crippen LogP contribution is 2.33. The lowest BCUT2D eigenvalue weighted by Crippen LogP contribution is -2.24. The Kier molecular flexibility index (Phi) is 7.05. The minimum atomic E-state index is 0.0696. The van der Waals surface area contributed by atoms with Gasteiger partial charge in [-0.1, -0.05) is 54.9 Å². The van der Waals surface area contributed by atoms with Gasteiger partial charge in [0, 0.05) is 31.1 Å². The highest BCUT2D eigenvalue weighted by Gasteiger charge is 2.34. The molecular weight excluding hydrogens is 458 g/mol. The number of para-hydroxylation sites is 3. The van der Waals surface area contributed by atoms with Gasteiger partial charge in [-0.05, 0) is 61.2 Å². The highest BCUT2D eigenvalue weighted by molar-refractivity contribution is 6.32. The molecule has 1 aliphatic heterocycles. The lowest BCUT2D eigenvalue weighted by Gasteiger charge is -2.18. The highest BCUT2D eigenvalue weighted by atomic mass is 35.5. The maximum atomic E-state index is 13.0. The van der Waals surface area contributed by atoms with E-state index in [9.17, 15) is 4.79 Å². The molecule has 0 aliphatic carbocycles. The molecule has 0 saturated carbocycles. The van der Waals surface area contributed by atoms with Crippen LogP contribution in [0.2, 0.25) is 5.02 Å². The first kappa shape index (κ1) is 23.4. The Morgan fingerprint density at radius 3 is 2.57 bits per heavy atom. The van der Waals surface area contributed by atoms with Crippen LogP contribution in [0.5, 0.6) is 5.75 Å². The number of halogens is 1. The molecule has 3 aromatic carbocycles. The van der Waals surface area contributed by atoms with E-state index >= 15 is 0 Å². The summed E-state index contributed by atoms with van der Waals surface area (Å²) in [6, 6.07) is 24.1. The van der Waals surface area contributed by atoms with Crippen LogP contribution in [0.1, 0.15) is 43.5 Å². The van der Waals surface area contributed by atoms with Crippen LogP contribution >= 0.6 is 11.6 Å². The van der Waals surface area contributed by atoms with Gasteiger partial charge in [-0.15, -0.1) is 0 Å². The first-order chi connectivity index (χ1) is 17.1. The topological polar surface area (TPSA) is 47.4 Å². The molecule has 0 bridgehead atoms. The fourth-order valence-electron chi connectivity index (χ4n) is 4.80. The Hall–Kier alpha value is -3.31. The second kappa shape index (κ2) is 10.5. The maximum absolute atomic E-state index is 13.0. The van der Waals surface area contributed by atoms with E-state index in [1.807, 2.05) is 47.4 Å². The number of carbonyl (C=O) groups excluding carboxylic acids is 1. The summed E-state index contributed by atoms with van der Waals surface area (Å²) in [6.45, 7) is 4.23. The average Bonchev–Trinajstić information content (AvgIpc) is 3.45. The second-order valence-electron chi connectivity index (χ2n) is 9.02. The summed E-state index contributed by atoms with van der Waals surface area (Å²) < 4.78 is 8.16. The number of hydrogen-bond acceptors (Lipinski definition) is 3. The predicted octanol–water partition coefficient (Wildman–Crippen LogP) is 6.63. The van der Waals surface area contributed by atoms with E-state index in [1.54, 1.807) is 0 Å². The van der Waals surface area contributed by atoms with Crippen LogP contribution in [-0.4, -0.2) is 28.6 Å². The van der Waals surface area contributed by atoms with Gasteiger partial charge in [-0.25, -0.2) is 4.98 Å². The summed E-state index contributed by atoms with van der Waals surface area (Å²) >= 11 is 6.19. The third-order valence-corrected chi connectivity index (χ3v) is 7.01. The van der Waals surface area contributed by atoms with Gasteiger partial charge in [0.1, 0.15) is 11.6 Å². The van der Waals surface area contributed by atoms with Gasteiger partial charge in [0.25, 0.3) is 0 Å². The number of nitrogens with zero attached hydrogens (tertiary/aromatic N) is 3. The molecule has 5 rings (SSSR count). The first-order valence-electron chi connectivity index (χ1n) is 12.4. The lowest BCUT2D eigenvalue weighted by atomic mass is 10.1. The van der Waals surface area contributed by atoms with Crippen LogP contribution < -0.4 is 9.64 Å². The van der Waals surface area contributed by atoms with Gasteiger partial charge >= 0.3 is 0 Å². The molecule has 1 saturated heterocycles. The zero-order valence-electron chi connectivity index (χ0n) is 20.0. The number of amides is 1. The molecule has 0 radical (unpaired) electrons. The SMILES string of the molecule is CCc1ccc(N2CC(c3nc4ccccc4n3CCCCOc3ccccc3Cl)CC2=O)cc1. The molecule has 1 atom stereocenters. The fourth-order valence-corrected chi connectivity index (χ4v) is 4.99. The normalized spacial score (nSPS) is 15.8. The Bertz CT molecular complexity index is 1320. The first-order valence-corrected chi connectivity index (χ1v) is 12.7. The summed E-state index contributed by atoms with van der Waals surface area (Å²) in [5.74, 6) is 1.95. The van der Waals surface area contributed by atoms with Crippen molar-refractivity contribution in [2.45, 2.75) is 45.1 Å². The minimum Gasteiger partial charge on any atom is -0.492 e. The van der Waals surface area contributed by atoms with E-state index in [0.717, 1.165) is 54.1 Å². The Morgan fingerprint density at radius 2 is 1.77 bits per heavy atom. The van der Waals surface area contributed by atoms with E-state index in [2.05, 4.69) is 41.8 Å². The summed E-state index contributed by atoms with van der Waals surface area (Å²) in [6.07, 6.45) is 3.32. The predicted molar refractivity (Wildman–Crippen MR) is 141 cm³/mol. The van der Waals surface area contributed by atoms with Crippen molar-refractivity contribution in [3.8, 4) is 5.75 Å². The van der Waals surface area contributed by atoms with Crippen LogP contribution in [0.4, 0.5) is 5.69 Å². The van der Waals surface area contributed by atoms with Crippen LogP contribution in [0, 0.1) is 0 Å². The Balaban J connectivity index is 1.29. The van der Waals surface area contributed by atoms with Gasteiger partial charge in [0.05, 0.1) is 22.7 Å². The molecule has 0 N–H and O–H groups in total. The van der Waals surface area contributed by atoms with E-state index in [1.165, 1.54) is 5.56 Å². The van der Waals surface area contributed by atoms with Gasteiger partial charge < -0.3 is 14.2 Å². The third-order valence-electron chi connectivity index (χ3n) is 6.70. The number of fused-ring (bicyclic) bond motifs is 1. The van der Waals surface area contributed by atoms with E-state index in [0.29, 0.717) is 24.6 Å². The van der Waals surface area contributed by atoms with Crippen LogP contribution in [0.25, 0.3) is 11.0 Å². The third kappa shape index (κ3) is 5.06. The molecule has 180 valence electrons. The lowest BCUT2D eigenvalue weighted by molar-refractivity contribution is -0.117. The van der Waals surface area contributed by atoms with E-state index < -0.39 is 0 Å². The van der Waals surface area contributed by atoms with Gasteiger partial charge in [0.2, 0.25) is 5.91 Å². The van der Waals surface area contributed by atoms with Gasteiger partial charge in [-0.3, -0.25) is 4.79 Å². The molecule has 1 fully saturated rings. The average molecular weight is 488 g/mol. The van der Waals surface area contributed by atoms with Crippen molar-refractivity contribution in [1.82, 2.24) is 9.55 Å². The summed E-state index contributed by atoms with van der Waals surface area (Å²) in [5.41, 5.74) is 4.34. The van der Waals surface area contributed by atoms with Crippen LogP contribution in [-0.2, 0) is 17.8 Å². The zero-order chi connectivity index (χ0) is 24.2. The molecule has 5 nitrogen and oxygen atoms in total. The number of hydrogen-bond donors (Lipinski definition) is 0. The van der Waals surface area contributed by atoms with Crippen molar-refractivity contribution >= 4 is 34.2 Å². The molecule has 2 heterocycles. The smallest absolute Gasteiger partial charge is 0.227 e. The number of imidazole rings is 1. The van der Waals surface area contributed by atoms with Crippen molar-refractivity contribution in [3.63, 3.8) is 0 Å². The molecule has 4 aromatic rings. The summed E-state index contributed by atoms with van der Waals surface area (Å²) in [5, 5.41) is 0.634. The number of aromatic nitrogens is 2. The molecule has 1 aromatic heterocycles. The maximum Gasteiger partial charge on any atom is 0.227 e. The number of rotatable bonds is 9. The van der Waals surface area contributed by atoms with E-state index in [4.69, 9.17) is 21.3 Å². The molecule has 35 heavy (non-hydrogen) atoms. The van der Waals surface area contributed by atoms with Crippen molar-refractivity contribution < 1.29 is 9.53 Å². The second-order valence-corrected chi connectivity index (χ2v) is 9.43. The number of ether oxygens (including phenoxy) is 1.